The highest BCUT2D eigenvalue weighted by Gasteiger charge is 2.12. The van der Waals surface area contributed by atoms with Crippen LogP contribution in [0.1, 0.15) is 25.0 Å². The normalized spacial score (nSPS) is 10.9. The third-order valence-corrected chi connectivity index (χ3v) is 3.81. The third kappa shape index (κ3) is 4.27. The van der Waals surface area contributed by atoms with Gasteiger partial charge in [-0.1, -0.05) is 26.0 Å². The number of hydrogen-bond donors (Lipinski definition) is 2. The first kappa shape index (κ1) is 16.4. The second-order valence-corrected chi connectivity index (χ2v) is 6.28. The number of benzene rings is 1. The highest BCUT2D eigenvalue weighted by atomic mass is 32.2. The average molecular weight is 320 g/mol. The van der Waals surface area contributed by atoms with Crippen LogP contribution in [0, 0.1) is 5.92 Å². The highest BCUT2D eigenvalue weighted by molar-refractivity contribution is 7.98. The van der Waals surface area contributed by atoms with Crippen molar-refractivity contribution in [2.75, 3.05) is 12.9 Å². The van der Waals surface area contributed by atoms with Crippen molar-refractivity contribution >= 4 is 11.8 Å². The van der Waals surface area contributed by atoms with Gasteiger partial charge in [-0.3, -0.25) is 9.78 Å². The van der Waals surface area contributed by atoms with Crippen LogP contribution in [-0.4, -0.2) is 27.9 Å². The minimum absolute atomic E-state index is 0.0534. The fourth-order valence-corrected chi connectivity index (χ4v) is 2.29. The van der Waals surface area contributed by atoms with Crippen molar-refractivity contribution in [2.24, 2.45) is 5.92 Å². The summed E-state index contributed by atoms with van der Waals surface area (Å²) in [6, 6.07) is 7.90. The van der Waals surface area contributed by atoms with Crippen LogP contribution in [0.4, 0.5) is 0 Å². The summed E-state index contributed by atoms with van der Waals surface area (Å²) in [6.07, 6.45) is 2.33. The number of H-pyrrole nitrogens is 1. The van der Waals surface area contributed by atoms with Gasteiger partial charge in [0.05, 0.1) is 12.2 Å². The molecule has 118 valence electrons. The summed E-state index contributed by atoms with van der Waals surface area (Å²) in [7, 11) is 0. The van der Waals surface area contributed by atoms with Crippen molar-refractivity contribution in [1.29, 1.82) is 0 Å². The molecule has 0 saturated heterocycles. The van der Waals surface area contributed by atoms with E-state index >= 15 is 0 Å². The van der Waals surface area contributed by atoms with Crippen LogP contribution in [0.25, 0.3) is 0 Å². The topological polar surface area (TPSA) is 75.2 Å². The Morgan fingerprint density at radius 2 is 2.00 bits per heavy atom. The molecule has 1 aromatic heterocycles. The molecule has 2 rings (SSSR count). The largest absolute Gasteiger partial charge is 0.493 e. The van der Waals surface area contributed by atoms with Crippen molar-refractivity contribution < 1.29 is 9.84 Å². The molecule has 0 aliphatic heterocycles. The van der Waals surface area contributed by atoms with Gasteiger partial charge in [-0.15, -0.1) is 11.8 Å². The number of rotatable bonds is 6. The Kier molecular flexibility index (Phi) is 5.49. The maximum Gasteiger partial charge on any atom is 0.299 e. The molecule has 0 aliphatic carbocycles. The molecule has 22 heavy (non-hydrogen) atoms. The van der Waals surface area contributed by atoms with Gasteiger partial charge in [0, 0.05) is 11.3 Å². The van der Waals surface area contributed by atoms with Crippen LogP contribution in [0.5, 0.6) is 11.9 Å². The minimum Gasteiger partial charge on any atom is -0.493 e. The fraction of sp³-hybridized carbons (Fsp3) is 0.375. The standard InChI is InChI=1S/C16H20N2O3S/c1-10(2)9-21-16-17-14(19)13(15(20)18-16)8-11-4-6-12(22-3)7-5-11/h4-7,10H,8-9H2,1-3H3,(H2,17,18,19,20). The van der Waals surface area contributed by atoms with Gasteiger partial charge >= 0.3 is 0 Å². The lowest BCUT2D eigenvalue weighted by Gasteiger charge is -2.09. The quantitative estimate of drug-likeness (QED) is 0.801. The fourth-order valence-electron chi connectivity index (χ4n) is 1.89. The first-order valence-electron chi connectivity index (χ1n) is 7.07. The van der Waals surface area contributed by atoms with Crippen LogP contribution >= 0.6 is 11.8 Å². The van der Waals surface area contributed by atoms with Gasteiger partial charge in [0.2, 0.25) is 5.88 Å². The van der Waals surface area contributed by atoms with E-state index in [9.17, 15) is 9.90 Å². The van der Waals surface area contributed by atoms with E-state index in [1.807, 2.05) is 44.4 Å². The highest BCUT2D eigenvalue weighted by Crippen LogP contribution is 2.19. The Morgan fingerprint density at radius 1 is 1.32 bits per heavy atom. The minimum atomic E-state index is -0.375. The number of ether oxygens (including phenoxy) is 1. The second kappa shape index (κ2) is 7.35. The molecule has 0 saturated carbocycles. The molecule has 0 unspecified atom stereocenters. The molecule has 0 bridgehead atoms. The van der Waals surface area contributed by atoms with E-state index in [0.29, 0.717) is 18.9 Å². The first-order valence-corrected chi connectivity index (χ1v) is 8.30. The van der Waals surface area contributed by atoms with Gasteiger partial charge in [-0.25, -0.2) is 0 Å². The van der Waals surface area contributed by atoms with E-state index in [2.05, 4.69) is 9.97 Å². The molecule has 6 heteroatoms. The van der Waals surface area contributed by atoms with Gasteiger partial charge in [0.25, 0.3) is 11.6 Å². The van der Waals surface area contributed by atoms with E-state index in [-0.39, 0.29) is 23.0 Å². The van der Waals surface area contributed by atoms with Crippen molar-refractivity contribution in [3.05, 3.63) is 45.7 Å². The second-order valence-electron chi connectivity index (χ2n) is 5.40. The predicted molar refractivity (Wildman–Crippen MR) is 87.9 cm³/mol. The number of nitrogens with zero attached hydrogens (tertiary/aromatic N) is 1. The number of aromatic hydroxyl groups is 1. The Labute approximate surface area is 133 Å². The molecule has 1 aromatic carbocycles. The van der Waals surface area contributed by atoms with E-state index in [0.717, 1.165) is 10.5 Å². The van der Waals surface area contributed by atoms with Crippen LogP contribution < -0.4 is 10.3 Å². The molecule has 1 heterocycles. The molecule has 0 spiro atoms. The number of aromatic amines is 1. The molecular formula is C16H20N2O3S. The maximum absolute atomic E-state index is 12.1. The van der Waals surface area contributed by atoms with Crippen molar-refractivity contribution in [1.82, 2.24) is 9.97 Å². The Balaban J connectivity index is 2.18. The summed E-state index contributed by atoms with van der Waals surface area (Å²) in [4.78, 5) is 19.7. The lowest BCUT2D eigenvalue weighted by atomic mass is 10.1. The molecule has 0 atom stereocenters. The van der Waals surface area contributed by atoms with Gasteiger partial charge in [0.1, 0.15) is 0 Å². The molecule has 0 fully saturated rings. The Morgan fingerprint density at radius 3 is 2.55 bits per heavy atom. The molecule has 5 nitrogen and oxygen atoms in total. The van der Waals surface area contributed by atoms with Crippen LogP contribution in [-0.2, 0) is 6.42 Å². The van der Waals surface area contributed by atoms with Gasteiger partial charge in [-0.05, 0) is 29.9 Å². The predicted octanol–water partition coefficient (Wildman–Crippen LogP) is 2.82. The smallest absolute Gasteiger partial charge is 0.299 e. The van der Waals surface area contributed by atoms with Crippen LogP contribution in [0.2, 0.25) is 0 Å². The summed E-state index contributed by atoms with van der Waals surface area (Å²) < 4.78 is 5.34. The Hall–Kier alpha value is -1.95. The zero-order chi connectivity index (χ0) is 16.1. The number of aromatic nitrogens is 2. The zero-order valence-electron chi connectivity index (χ0n) is 12.9. The summed E-state index contributed by atoms with van der Waals surface area (Å²) >= 11 is 1.65. The zero-order valence-corrected chi connectivity index (χ0v) is 13.7. The Bertz CT molecular complexity index is 681. The lowest BCUT2D eigenvalue weighted by molar-refractivity contribution is 0.246. The molecule has 0 aliphatic rings. The van der Waals surface area contributed by atoms with E-state index in [1.165, 1.54) is 0 Å². The van der Waals surface area contributed by atoms with E-state index in [1.54, 1.807) is 11.8 Å². The molecule has 0 amide bonds. The van der Waals surface area contributed by atoms with Gasteiger partial charge in [-0.2, -0.15) is 4.98 Å². The third-order valence-electron chi connectivity index (χ3n) is 3.07. The van der Waals surface area contributed by atoms with Crippen molar-refractivity contribution in [3.8, 4) is 11.9 Å². The van der Waals surface area contributed by atoms with E-state index in [4.69, 9.17) is 4.74 Å². The molecule has 2 N–H and O–H groups in total. The van der Waals surface area contributed by atoms with Crippen molar-refractivity contribution in [3.63, 3.8) is 0 Å². The SMILES string of the molecule is CSc1ccc(Cc2c(O)nc(OCC(C)C)[nH]c2=O)cc1. The monoisotopic (exact) mass is 320 g/mol. The molecule has 0 radical (unpaired) electrons. The summed E-state index contributed by atoms with van der Waals surface area (Å²) in [5.41, 5.74) is 0.810. The van der Waals surface area contributed by atoms with Gasteiger partial charge in [0.15, 0.2) is 0 Å². The van der Waals surface area contributed by atoms with Gasteiger partial charge < -0.3 is 9.84 Å². The first-order chi connectivity index (χ1) is 10.5. The van der Waals surface area contributed by atoms with Crippen molar-refractivity contribution in [2.45, 2.75) is 25.2 Å². The molecular weight excluding hydrogens is 300 g/mol. The molecule has 2 aromatic rings. The van der Waals surface area contributed by atoms with E-state index < -0.39 is 0 Å². The number of thioether (sulfide) groups is 1. The lowest BCUT2D eigenvalue weighted by Crippen LogP contribution is -2.17. The maximum atomic E-state index is 12.1. The summed E-state index contributed by atoms with van der Waals surface area (Å²) in [5, 5.41) is 9.98. The summed E-state index contributed by atoms with van der Waals surface area (Å²) in [5.74, 6) is 0.0264. The average Bonchev–Trinajstić information content (AvgIpc) is 2.49. The summed E-state index contributed by atoms with van der Waals surface area (Å²) in [6.45, 7) is 4.41. The number of nitrogens with one attached hydrogen (secondary N) is 1. The number of hydrogen-bond acceptors (Lipinski definition) is 5. The van der Waals surface area contributed by atoms with Crippen LogP contribution in [0.15, 0.2) is 34.0 Å². The van der Waals surface area contributed by atoms with Crippen LogP contribution in [0.3, 0.4) is 0 Å².